The van der Waals surface area contributed by atoms with Gasteiger partial charge in [-0.25, -0.2) is 0 Å². The van der Waals surface area contributed by atoms with Gasteiger partial charge in [0.25, 0.3) is 0 Å². The highest BCUT2D eigenvalue weighted by Crippen LogP contribution is 2.27. The van der Waals surface area contributed by atoms with Crippen molar-refractivity contribution in [1.29, 1.82) is 5.26 Å². The van der Waals surface area contributed by atoms with Crippen LogP contribution in [0.15, 0.2) is 0 Å². The summed E-state index contributed by atoms with van der Waals surface area (Å²) in [7, 11) is 0. The van der Waals surface area contributed by atoms with E-state index in [1.807, 2.05) is 11.8 Å². The van der Waals surface area contributed by atoms with Gasteiger partial charge in [-0.15, -0.1) is 0 Å². The summed E-state index contributed by atoms with van der Waals surface area (Å²) in [6.07, 6.45) is 5.47. The Kier molecular flexibility index (Phi) is 6.22. The summed E-state index contributed by atoms with van der Waals surface area (Å²) in [5, 5.41) is 15.9. The van der Waals surface area contributed by atoms with E-state index in [1.54, 1.807) is 6.92 Å². The lowest BCUT2D eigenvalue weighted by Gasteiger charge is -2.38. The van der Waals surface area contributed by atoms with E-state index in [1.165, 1.54) is 0 Å². The first-order valence-electron chi connectivity index (χ1n) is 9.12. The topological polar surface area (TPSA) is 85.2 Å². The van der Waals surface area contributed by atoms with Crippen LogP contribution < -0.4 is 10.6 Å². The van der Waals surface area contributed by atoms with Crippen molar-refractivity contribution in [1.82, 2.24) is 15.5 Å². The number of carbonyl (C=O) groups excluding carboxylic acids is 2. The van der Waals surface area contributed by atoms with E-state index in [0.29, 0.717) is 5.92 Å². The normalized spacial score (nSPS) is 27.8. The Morgan fingerprint density at radius 3 is 2.50 bits per heavy atom. The fraction of sp³-hybridized carbons (Fsp3) is 0.833. The zero-order valence-electron chi connectivity index (χ0n) is 15.1. The fourth-order valence-corrected chi connectivity index (χ4v) is 3.84. The largest absolute Gasteiger partial charge is 0.343 e. The van der Waals surface area contributed by atoms with E-state index >= 15 is 0 Å². The summed E-state index contributed by atoms with van der Waals surface area (Å²) in [5.74, 6) is 0.316. The molecular formula is C18H30N4O2. The molecule has 6 nitrogen and oxygen atoms in total. The van der Waals surface area contributed by atoms with Crippen LogP contribution >= 0.6 is 0 Å². The first kappa shape index (κ1) is 18.7. The number of amides is 2. The van der Waals surface area contributed by atoms with Crippen LogP contribution in [-0.4, -0.2) is 47.4 Å². The second-order valence-electron chi connectivity index (χ2n) is 7.47. The highest BCUT2D eigenvalue weighted by Gasteiger charge is 2.36. The molecule has 1 aliphatic heterocycles. The Morgan fingerprint density at radius 1 is 1.29 bits per heavy atom. The van der Waals surface area contributed by atoms with Gasteiger partial charge in [0.05, 0.1) is 12.1 Å². The summed E-state index contributed by atoms with van der Waals surface area (Å²) in [4.78, 5) is 25.9. The molecule has 2 aliphatic rings. The molecule has 0 unspecified atom stereocenters. The number of carbonyl (C=O) groups is 2. The number of hydrogen-bond acceptors (Lipinski definition) is 4. The molecule has 0 aromatic carbocycles. The number of nitrogens with one attached hydrogen (secondary N) is 2. The highest BCUT2D eigenvalue weighted by molar-refractivity contribution is 5.82. The van der Waals surface area contributed by atoms with Crippen LogP contribution in [0.4, 0.5) is 0 Å². The van der Waals surface area contributed by atoms with Crippen LogP contribution in [0.1, 0.15) is 59.3 Å². The molecule has 134 valence electrons. The van der Waals surface area contributed by atoms with Gasteiger partial charge in [0.1, 0.15) is 5.54 Å². The molecule has 2 N–H and O–H groups in total. The zero-order valence-corrected chi connectivity index (χ0v) is 15.1. The maximum Gasteiger partial charge on any atom is 0.238 e. The standard InChI is InChI=1S/C18H30N4O2/c1-13-11-22(15(3)23)10-7-16(13)20-14(2)17(24)21-18(12-19)8-5-4-6-9-18/h13-14,16,20H,4-11H2,1-3H3,(H,21,24)/t13-,14-,16-/m0/s1. The molecule has 0 spiro atoms. The Bertz CT molecular complexity index is 508. The number of nitrogens with zero attached hydrogens (tertiary/aromatic N) is 2. The average Bonchev–Trinajstić information content (AvgIpc) is 2.57. The second kappa shape index (κ2) is 7.98. The van der Waals surface area contributed by atoms with Crippen molar-refractivity contribution < 1.29 is 9.59 Å². The number of nitriles is 1. The summed E-state index contributed by atoms with van der Waals surface area (Å²) in [5.41, 5.74) is -0.686. The molecule has 24 heavy (non-hydrogen) atoms. The lowest BCUT2D eigenvalue weighted by atomic mass is 9.82. The lowest BCUT2D eigenvalue weighted by molar-refractivity contribution is -0.131. The van der Waals surface area contributed by atoms with E-state index in [2.05, 4.69) is 23.6 Å². The zero-order chi connectivity index (χ0) is 17.7. The molecule has 2 amide bonds. The molecule has 6 heteroatoms. The summed E-state index contributed by atoms with van der Waals surface area (Å²) >= 11 is 0. The third-order valence-corrected chi connectivity index (χ3v) is 5.49. The first-order chi connectivity index (χ1) is 11.4. The number of likely N-dealkylation sites (tertiary alicyclic amines) is 1. The maximum atomic E-state index is 12.5. The predicted molar refractivity (Wildman–Crippen MR) is 92.0 cm³/mol. The van der Waals surface area contributed by atoms with Crippen molar-refractivity contribution in [2.24, 2.45) is 5.92 Å². The third-order valence-electron chi connectivity index (χ3n) is 5.49. The molecule has 0 bridgehead atoms. The predicted octanol–water partition coefficient (Wildman–Crippen LogP) is 1.56. The van der Waals surface area contributed by atoms with Gasteiger partial charge in [0, 0.05) is 26.1 Å². The van der Waals surface area contributed by atoms with E-state index in [0.717, 1.165) is 51.6 Å². The van der Waals surface area contributed by atoms with E-state index in [-0.39, 0.29) is 23.9 Å². The first-order valence-corrected chi connectivity index (χ1v) is 9.12. The van der Waals surface area contributed by atoms with Crippen LogP contribution in [0.25, 0.3) is 0 Å². The van der Waals surface area contributed by atoms with Crippen molar-refractivity contribution in [2.75, 3.05) is 13.1 Å². The molecule has 2 rings (SSSR count). The summed E-state index contributed by atoms with van der Waals surface area (Å²) in [6.45, 7) is 7.02. The lowest BCUT2D eigenvalue weighted by Crippen LogP contribution is -2.58. The quantitative estimate of drug-likeness (QED) is 0.817. The van der Waals surface area contributed by atoms with Gasteiger partial charge in [0.2, 0.25) is 11.8 Å². The van der Waals surface area contributed by atoms with Crippen molar-refractivity contribution in [2.45, 2.75) is 76.9 Å². The van der Waals surface area contributed by atoms with Gasteiger partial charge >= 0.3 is 0 Å². The number of piperidine rings is 1. The number of hydrogen-bond donors (Lipinski definition) is 2. The van der Waals surface area contributed by atoms with Gasteiger partial charge in [-0.05, 0) is 32.1 Å². The molecular weight excluding hydrogens is 304 g/mol. The van der Waals surface area contributed by atoms with Crippen LogP contribution in [0, 0.1) is 17.2 Å². The van der Waals surface area contributed by atoms with Gasteiger partial charge < -0.3 is 15.5 Å². The van der Waals surface area contributed by atoms with Gasteiger partial charge in [-0.1, -0.05) is 26.2 Å². The van der Waals surface area contributed by atoms with Crippen LogP contribution in [0.5, 0.6) is 0 Å². The molecule has 1 saturated heterocycles. The van der Waals surface area contributed by atoms with Crippen LogP contribution in [-0.2, 0) is 9.59 Å². The van der Waals surface area contributed by atoms with Gasteiger partial charge in [-0.2, -0.15) is 5.26 Å². The Morgan fingerprint density at radius 2 is 1.96 bits per heavy atom. The highest BCUT2D eigenvalue weighted by atomic mass is 16.2. The Hall–Kier alpha value is -1.61. The monoisotopic (exact) mass is 334 g/mol. The van der Waals surface area contributed by atoms with Crippen molar-refractivity contribution in [3.8, 4) is 6.07 Å². The molecule has 0 aromatic heterocycles. The third kappa shape index (κ3) is 4.47. The maximum absolute atomic E-state index is 12.5. The van der Waals surface area contributed by atoms with E-state index < -0.39 is 5.54 Å². The minimum absolute atomic E-state index is 0.0975. The summed E-state index contributed by atoms with van der Waals surface area (Å²) in [6, 6.07) is 2.20. The van der Waals surface area contributed by atoms with Crippen molar-refractivity contribution in [3.63, 3.8) is 0 Å². The average molecular weight is 334 g/mol. The Balaban J connectivity index is 1.87. The molecule has 1 aliphatic carbocycles. The minimum atomic E-state index is -0.686. The molecule has 2 fully saturated rings. The molecule has 1 heterocycles. The molecule has 1 saturated carbocycles. The van der Waals surface area contributed by atoms with Gasteiger partial charge in [-0.3, -0.25) is 9.59 Å². The van der Waals surface area contributed by atoms with Gasteiger partial charge in [0.15, 0.2) is 0 Å². The summed E-state index contributed by atoms with van der Waals surface area (Å²) < 4.78 is 0. The molecule has 0 aromatic rings. The fourth-order valence-electron chi connectivity index (χ4n) is 3.84. The molecule has 3 atom stereocenters. The van der Waals surface area contributed by atoms with Crippen LogP contribution in [0.2, 0.25) is 0 Å². The number of rotatable bonds is 4. The SMILES string of the molecule is CC(=O)N1CC[C@H](N[C@@H](C)C(=O)NC2(C#N)CCCCC2)[C@@H](C)C1. The molecule has 0 radical (unpaired) electrons. The second-order valence-corrected chi connectivity index (χ2v) is 7.47. The smallest absolute Gasteiger partial charge is 0.238 e. The van der Waals surface area contributed by atoms with Crippen molar-refractivity contribution >= 4 is 11.8 Å². The van der Waals surface area contributed by atoms with E-state index in [4.69, 9.17) is 0 Å². The van der Waals surface area contributed by atoms with Crippen molar-refractivity contribution in [3.05, 3.63) is 0 Å². The minimum Gasteiger partial charge on any atom is -0.343 e. The van der Waals surface area contributed by atoms with E-state index in [9.17, 15) is 14.9 Å². The Labute approximate surface area is 145 Å². The van der Waals surface area contributed by atoms with Crippen LogP contribution in [0.3, 0.4) is 0 Å².